The molecule has 1 amide bonds. The van der Waals surface area contributed by atoms with Crippen molar-refractivity contribution >= 4 is 23.2 Å². The minimum absolute atomic E-state index is 0.0483. The van der Waals surface area contributed by atoms with E-state index >= 15 is 0 Å². The van der Waals surface area contributed by atoms with Crippen molar-refractivity contribution in [1.29, 1.82) is 0 Å². The first-order valence-electron chi connectivity index (χ1n) is 9.33. The Balaban J connectivity index is 1.83. The molecule has 0 radical (unpaired) electrons. The van der Waals surface area contributed by atoms with Crippen LogP contribution < -0.4 is 10.6 Å². The van der Waals surface area contributed by atoms with Crippen LogP contribution in [0.2, 0.25) is 5.02 Å². The highest BCUT2D eigenvalue weighted by atomic mass is 35.5. The van der Waals surface area contributed by atoms with Gasteiger partial charge in [0, 0.05) is 6.04 Å². The average molecular weight is 411 g/mol. The number of hydrogen-bond acceptors (Lipinski definition) is 2. The van der Waals surface area contributed by atoms with E-state index in [1.807, 2.05) is 30.3 Å². The van der Waals surface area contributed by atoms with Crippen LogP contribution in [0.15, 0.2) is 48.5 Å². The molecule has 0 bridgehead atoms. The normalized spacial score (nSPS) is 16.6. The number of rotatable bonds is 5. The van der Waals surface area contributed by atoms with Crippen LogP contribution in [0.1, 0.15) is 49.3 Å². The monoisotopic (exact) mass is 410 g/mol. The molecule has 2 aromatic rings. The summed E-state index contributed by atoms with van der Waals surface area (Å²) in [6.45, 7) is 0. The molecule has 28 heavy (non-hydrogen) atoms. The number of halogens is 4. The summed E-state index contributed by atoms with van der Waals surface area (Å²) in [5.74, 6) is -0.432. The Kier molecular flexibility index (Phi) is 6.62. The van der Waals surface area contributed by atoms with Crippen molar-refractivity contribution in [2.45, 2.75) is 50.4 Å². The number of benzene rings is 2. The first-order valence-corrected chi connectivity index (χ1v) is 9.71. The first-order chi connectivity index (χ1) is 13.3. The van der Waals surface area contributed by atoms with E-state index in [0.717, 1.165) is 49.4 Å². The van der Waals surface area contributed by atoms with E-state index in [4.69, 9.17) is 11.6 Å². The lowest BCUT2D eigenvalue weighted by atomic mass is 9.93. The average Bonchev–Trinajstić information content (AvgIpc) is 2.68. The van der Waals surface area contributed by atoms with Crippen molar-refractivity contribution < 1.29 is 18.0 Å². The highest BCUT2D eigenvalue weighted by molar-refractivity contribution is 6.33. The molecule has 1 fully saturated rings. The number of alkyl halides is 3. The van der Waals surface area contributed by atoms with Crippen molar-refractivity contribution in [3.8, 4) is 0 Å². The van der Waals surface area contributed by atoms with Crippen LogP contribution in [0.4, 0.5) is 18.9 Å². The molecule has 0 spiro atoms. The Morgan fingerprint density at radius 2 is 1.71 bits per heavy atom. The minimum Gasteiger partial charge on any atom is -0.323 e. The Morgan fingerprint density at radius 3 is 2.36 bits per heavy atom. The molecule has 1 aliphatic rings. The van der Waals surface area contributed by atoms with Crippen molar-refractivity contribution in [2.75, 3.05) is 5.32 Å². The molecule has 0 unspecified atom stereocenters. The van der Waals surface area contributed by atoms with Crippen LogP contribution in [0, 0.1) is 0 Å². The fraction of sp³-hybridized carbons (Fsp3) is 0.381. The molecule has 150 valence electrons. The molecule has 0 aliphatic heterocycles. The lowest BCUT2D eigenvalue weighted by molar-refractivity contribution is -0.137. The van der Waals surface area contributed by atoms with Gasteiger partial charge >= 0.3 is 6.18 Å². The summed E-state index contributed by atoms with van der Waals surface area (Å²) < 4.78 is 39.0. The largest absolute Gasteiger partial charge is 0.416 e. The van der Waals surface area contributed by atoms with Crippen LogP contribution in [-0.4, -0.2) is 11.9 Å². The first kappa shape index (κ1) is 20.7. The summed E-state index contributed by atoms with van der Waals surface area (Å²) in [5, 5.41) is 6.02. The molecule has 0 heterocycles. The van der Waals surface area contributed by atoms with Crippen LogP contribution in [0.5, 0.6) is 0 Å². The molecule has 1 saturated carbocycles. The summed E-state index contributed by atoms with van der Waals surface area (Å²) in [7, 11) is 0. The van der Waals surface area contributed by atoms with Gasteiger partial charge in [0.2, 0.25) is 5.91 Å². The zero-order valence-corrected chi connectivity index (χ0v) is 16.0. The van der Waals surface area contributed by atoms with Gasteiger partial charge in [-0.05, 0) is 36.6 Å². The summed E-state index contributed by atoms with van der Waals surface area (Å²) in [5.41, 5.74) is -0.148. The third-order valence-electron chi connectivity index (χ3n) is 4.95. The lowest BCUT2D eigenvalue weighted by Gasteiger charge is -2.28. The van der Waals surface area contributed by atoms with E-state index in [0.29, 0.717) is 0 Å². The topological polar surface area (TPSA) is 41.1 Å². The Hall–Kier alpha value is -2.05. The van der Waals surface area contributed by atoms with Crippen molar-refractivity contribution in [1.82, 2.24) is 5.32 Å². The number of amides is 1. The van der Waals surface area contributed by atoms with Crippen molar-refractivity contribution in [3.05, 3.63) is 64.7 Å². The van der Waals surface area contributed by atoms with Crippen LogP contribution in [-0.2, 0) is 11.0 Å². The molecular weight excluding hydrogens is 389 g/mol. The number of nitrogens with one attached hydrogen (secondary N) is 2. The highest BCUT2D eigenvalue weighted by Crippen LogP contribution is 2.34. The fourth-order valence-electron chi connectivity index (χ4n) is 3.48. The molecule has 3 rings (SSSR count). The molecule has 3 nitrogen and oxygen atoms in total. The molecule has 0 aromatic heterocycles. The van der Waals surface area contributed by atoms with Gasteiger partial charge in [-0.25, -0.2) is 0 Å². The van der Waals surface area contributed by atoms with E-state index in [1.54, 1.807) is 0 Å². The quantitative estimate of drug-likeness (QED) is 0.638. The molecule has 2 aromatic carbocycles. The molecule has 1 atom stereocenters. The third-order valence-corrected chi connectivity index (χ3v) is 5.28. The second kappa shape index (κ2) is 8.97. The van der Waals surface area contributed by atoms with Gasteiger partial charge in [-0.1, -0.05) is 61.2 Å². The van der Waals surface area contributed by atoms with Crippen molar-refractivity contribution in [3.63, 3.8) is 0 Å². The van der Waals surface area contributed by atoms with Gasteiger partial charge in [0.1, 0.15) is 6.04 Å². The smallest absolute Gasteiger partial charge is 0.323 e. The molecule has 2 N–H and O–H groups in total. The van der Waals surface area contributed by atoms with E-state index in [1.165, 1.54) is 6.42 Å². The zero-order chi connectivity index (χ0) is 20.1. The Morgan fingerprint density at radius 1 is 1.04 bits per heavy atom. The summed E-state index contributed by atoms with van der Waals surface area (Å²) in [6, 6.07) is 11.6. The molecular formula is C21H22ClF3N2O. The highest BCUT2D eigenvalue weighted by Gasteiger charge is 2.32. The van der Waals surface area contributed by atoms with Gasteiger partial charge in [-0.3, -0.25) is 10.1 Å². The van der Waals surface area contributed by atoms with Gasteiger partial charge in [0.25, 0.3) is 0 Å². The van der Waals surface area contributed by atoms with Gasteiger partial charge < -0.3 is 5.32 Å². The molecule has 0 saturated heterocycles. The zero-order valence-electron chi connectivity index (χ0n) is 15.2. The maximum Gasteiger partial charge on any atom is 0.416 e. The van der Waals surface area contributed by atoms with Crippen LogP contribution in [0.3, 0.4) is 0 Å². The minimum atomic E-state index is -4.51. The third kappa shape index (κ3) is 5.26. The number of anilines is 1. The summed E-state index contributed by atoms with van der Waals surface area (Å²) in [4.78, 5) is 13.0. The fourth-order valence-corrected chi connectivity index (χ4v) is 3.64. The number of carbonyl (C=O) groups excluding carboxylic acids is 1. The summed E-state index contributed by atoms with van der Waals surface area (Å²) >= 11 is 6.03. The van der Waals surface area contributed by atoms with Crippen LogP contribution >= 0.6 is 11.6 Å². The van der Waals surface area contributed by atoms with E-state index < -0.39 is 23.7 Å². The number of hydrogen-bond donors (Lipinski definition) is 2. The van der Waals surface area contributed by atoms with Crippen molar-refractivity contribution in [2.24, 2.45) is 0 Å². The summed E-state index contributed by atoms with van der Waals surface area (Å²) in [6.07, 6.45) is 0.811. The van der Waals surface area contributed by atoms with Gasteiger partial charge in [0.05, 0.1) is 16.3 Å². The van der Waals surface area contributed by atoms with E-state index in [-0.39, 0.29) is 16.8 Å². The predicted molar refractivity (Wildman–Crippen MR) is 104 cm³/mol. The number of carbonyl (C=O) groups is 1. The van der Waals surface area contributed by atoms with E-state index in [2.05, 4.69) is 10.6 Å². The van der Waals surface area contributed by atoms with Crippen LogP contribution in [0.25, 0.3) is 0 Å². The SMILES string of the molecule is O=C(Nc1cc(C(F)(F)F)ccc1Cl)[C@H](NC1CCCCC1)c1ccccc1. The Bertz CT molecular complexity index is 805. The van der Waals surface area contributed by atoms with Gasteiger partial charge in [0.15, 0.2) is 0 Å². The maximum absolute atomic E-state index is 13.0. The molecule has 1 aliphatic carbocycles. The lowest BCUT2D eigenvalue weighted by Crippen LogP contribution is -2.40. The predicted octanol–water partition coefficient (Wildman–Crippen LogP) is 5.96. The van der Waals surface area contributed by atoms with E-state index in [9.17, 15) is 18.0 Å². The van der Waals surface area contributed by atoms with Gasteiger partial charge in [-0.15, -0.1) is 0 Å². The Labute approximate surface area is 167 Å². The second-order valence-electron chi connectivity index (χ2n) is 7.03. The molecule has 7 heteroatoms. The second-order valence-corrected chi connectivity index (χ2v) is 7.43. The maximum atomic E-state index is 13.0. The standard InChI is InChI=1S/C21H22ClF3N2O/c22-17-12-11-15(21(23,24)25)13-18(17)27-20(28)19(14-7-3-1-4-8-14)26-16-9-5-2-6-10-16/h1,3-4,7-8,11-13,16,19,26H,2,5-6,9-10H2,(H,27,28)/t19-/m1/s1. The van der Waals surface area contributed by atoms with Gasteiger partial charge in [-0.2, -0.15) is 13.2 Å².